The Morgan fingerprint density at radius 2 is 2.29 bits per heavy atom. The maximum absolute atomic E-state index is 6.13. The van der Waals surface area contributed by atoms with Crippen LogP contribution in [0.1, 0.15) is 39.0 Å². The van der Waals surface area contributed by atoms with Crippen LogP contribution >= 0.6 is 0 Å². The predicted molar refractivity (Wildman–Crippen MR) is 55.2 cm³/mol. The summed E-state index contributed by atoms with van der Waals surface area (Å²) in [5.41, 5.74) is 5.77. The Balaban J connectivity index is 1.99. The number of hydrogen-bond donors (Lipinski definition) is 1. The molecule has 0 aliphatic carbocycles. The summed E-state index contributed by atoms with van der Waals surface area (Å²) < 4.78 is 11.7. The summed E-state index contributed by atoms with van der Waals surface area (Å²) in [6.07, 6.45) is 6.31. The van der Waals surface area contributed by atoms with Crippen molar-refractivity contribution in [1.82, 2.24) is 0 Å². The van der Waals surface area contributed by atoms with Crippen molar-refractivity contribution in [3.63, 3.8) is 0 Å². The third-order valence-electron chi connectivity index (χ3n) is 3.46. The Kier molecular flexibility index (Phi) is 3.10. The Bertz CT molecular complexity index is 194. The van der Waals surface area contributed by atoms with E-state index >= 15 is 0 Å². The van der Waals surface area contributed by atoms with E-state index in [4.69, 9.17) is 15.2 Å². The molecular formula is C11H21NO2. The first kappa shape index (κ1) is 10.4. The molecule has 1 spiro atoms. The van der Waals surface area contributed by atoms with Crippen molar-refractivity contribution in [2.24, 2.45) is 5.73 Å². The Labute approximate surface area is 85.9 Å². The molecule has 2 aliphatic rings. The normalized spacial score (nSPS) is 44.1. The first-order valence-electron chi connectivity index (χ1n) is 5.74. The van der Waals surface area contributed by atoms with Crippen LogP contribution in [0.4, 0.5) is 0 Å². The van der Waals surface area contributed by atoms with E-state index < -0.39 is 0 Å². The van der Waals surface area contributed by atoms with Crippen LogP contribution in [0.15, 0.2) is 0 Å². The molecule has 3 nitrogen and oxygen atoms in total. The van der Waals surface area contributed by atoms with Crippen molar-refractivity contribution in [3.8, 4) is 0 Å². The van der Waals surface area contributed by atoms with Crippen LogP contribution in [-0.2, 0) is 9.47 Å². The molecule has 2 N–H and O–H groups in total. The van der Waals surface area contributed by atoms with Crippen molar-refractivity contribution < 1.29 is 9.47 Å². The monoisotopic (exact) mass is 199 g/mol. The summed E-state index contributed by atoms with van der Waals surface area (Å²) >= 11 is 0. The molecule has 2 heterocycles. The second-order valence-electron chi connectivity index (χ2n) is 4.69. The van der Waals surface area contributed by atoms with E-state index in [1.165, 1.54) is 12.8 Å². The Hall–Kier alpha value is -0.120. The van der Waals surface area contributed by atoms with Gasteiger partial charge in [0.05, 0.1) is 17.8 Å². The van der Waals surface area contributed by atoms with Crippen LogP contribution in [-0.4, -0.2) is 31.0 Å². The fourth-order valence-corrected chi connectivity index (χ4v) is 2.75. The molecule has 14 heavy (non-hydrogen) atoms. The quantitative estimate of drug-likeness (QED) is 0.695. The first-order valence-corrected chi connectivity index (χ1v) is 5.74. The minimum Gasteiger partial charge on any atom is -0.378 e. The van der Waals surface area contributed by atoms with E-state index in [0.29, 0.717) is 12.6 Å². The third-order valence-corrected chi connectivity index (χ3v) is 3.46. The topological polar surface area (TPSA) is 44.5 Å². The summed E-state index contributed by atoms with van der Waals surface area (Å²) in [7, 11) is 0. The van der Waals surface area contributed by atoms with Gasteiger partial charge in [-0.15, -0.1) is 0 Å². The fraction of sp³-hybridized carbons (Fsp3) is 1.00. The minimum absolute atomic E-state index is 0.0972. The van der Waals surface area contributed by atoms with Gasteiger partial charge in [-0.2, -0.15) is 0 Å². The zero-order valence-corrected chi connectivity index (χ0v) is 9.00. The zero-order chi connectivity index (χ0) is 10.0. The van der Waals surface area contributed by atoms with Crippen LogP contribution < -0.4 is 5.73 Å². The molecule has 3 atom stereocenters. The molecule has 0 saturated carbocycles. The molecular weight excluding hydrogens is 178 g/mol. The Morgan fingerprint density at radius 1 is 1.43 bits per heavy atom. The molecule has 0 bridgehead atoms. The van der Waals surface area contributed by atoms with Gasteiger partial charge < -0.3 is 15.2 Å². The smallest absolute Gasteiger partial charge is 0.0733 e. The first-order chi connectivity index (χ1) is 6.74. The molecule has 0 amide bonds. The number of hydrogen-bond acceptors (Lipinski definition) is 3. The second-order valence-corrected chi connectivity index (χ2v) is 4.69. The molecule has 2 aliphatic heterocycles. The van der Waals surface area contributed by atoms with E-state index in [1.807, 2.05) is 0 Å². The largest absolute Gasteiger partial charge is 0.378 e. The number of nitrogens with two attached hydrogens (primary N) is 1. The lowest BCUT2D eigenvalue weighted by atomic mass is 9.83. The van der Waals surface area contributed by atoms with Gasteiger partial charge in [0.25, 0.3) is 0 Å². The zero-order valence-electron chi connectivity index (χ0n) is 9.00. The second kappa shape index (κ2) is 4.17. The van der Waals surface area contributed by atoms with Crippen molar-refractivity contribution in [2.45, 2.75) is 56.8 Å². The molecule has 2 fully saturated rings. The maximum Gasteiger partial charge on any atom is 0.0733 e. The van der Waals surface area contributed by atoms with E-state index in [9.17, 15) is 0 Å². The van der Waals surface area contributed by atoms with Gasteiger partial charge in [0, 0.05) is 19.6 Å². The fourth-order valence-electron chi connectivity index (χ4n) is 2.75. The van der Waals surface area contributed by atoms with E-state index in [-0.39, 0.29) is 11.7 Å². The number of ether oxygens (including phenoxy) is 2. The third kappa shape index (κ3) is 2.10. The van der Waals surface area contributed by atoms with Gasteiger partial charge in [-0.25, -0.2) is 0 Å². The van der Waals surface area contributed by atoms with E-state index in [2.05, 4.69) is 6.92 Å². The van der Waals surface area contributed by atoms with Crippen LogP contribution in [0.25, 0.3) is 0 Å². The highest BCUT2D eigenvalue weighted by atomic mass is 16.5. The van der Waals surface area contributed by atoms with Crippen molar-refractivity contribution in [1.29, 1.82) is 0 Å². The summed E-state index contributed by atoms with van der Waals surface area (Å²) in [4.78, 5) is 0. The van der Waals surface area contributed by atoms with Gasteiger partial charge in [-0.05, 0) is 32.6 Å². The lowest BCUT2D eigenvalue weighted by molar-refractivity contribution is -0.181. The van der Waals surface area contributed by atoms with E-state index in [0.717, 1.165) is 25.9 Å². The predicted octanol–water partition coefficient (Wildman–Crippen LogP) is 1.45. The lowest BCUT2D eigenvalue weighted by Crippen LogP contribution is -2.48. The molecule has 0 radical (unpaired) electrons. The SMILES string of the molecule is CC1CC2(CCCC(CN)O2)CCO1. The van der Waals surface area contributed by atoms with Gasteiger partial charge in [0.1, 0.15) is 0 Å². The van der Waals surface area contributed by atoms with Gasteiger partial charge in [-0.1, -0.05) is 0 Å². The molecule has 82 valence electrons. The molecule has 2 saturated heterocycles. The van der Waals surface area contributed by atoms with Gasteiger partial charge in [0.15, 0.2) is 0 Å². The van der Waals surface area contributed by atoms with Crippen LogP contribution in [0, 0.1) is 0 Å². The van der Waals surface area contributed by atoms with Crippen LogP contribution in [0.2, 0.25) is 0 Å². The van der Waals surface area contributed by atoms with Gasteiger partial charge in [0.2, 0.25) is 0 Å². The average molecular weight is 199 g/mol. The van der Waals surface area contributed by atoms with E-state index in [1.54, 1.807) is 0 Å². The molecule has 0 aromatic carbocycles. The average Bonchev–Trinajstić information content (AvgIpc) is 2.17. The molecule has 0 aromatic rings. The molecule has 3 heteroatoms. The van der Waals surface area contributed by atoms with Crippen molar-refractivity contribution in [3.05, 3.63) is 0 Å². The molecule has 0 aromatic heterocycles. The van der Waals surface area contributed by atoms with Crippen LogP contribution in [0.3, 0.4) is 0 Å². The highest BCUT2D eigenvalue weighted by molar-refractivity contribution is 4.90. The van der Waals surface area contributed by atoms with Crippen molar-refractivity contribution in [2.75, 3.05) is 13.2 Å². The van der Waals surface area contributed by atoms with Crippen molar-refractivity contribution >= 4 is 0 Å². The summed E-state index contributed by atoms with van der Waals surface area (Å²) in [6, 6.07) is 0. The van der Waals surface area contributed by atoms with Crippen LogP contribution in [0.5, 0.6) is 0 Å². The van der Waals surface area contributed by atoms with Gasteiger partial charge in [-0.3, -0.25) is 0 Å². The maximum atomic E-state index is 6.13. The Morgan fingerprint density at radius 3 is 3.00 bits per heavy atom. The molecule has 2 rings (SSSR count). The lowest BCUT2D eigenvalue weighted by Gasteiger charge is -2.45. The highest BCUT2D eigenvalue weighted by Gasteiger charge is 2.40. The number of rotatable bonds is 1. The molecule has 3 unspecified atom stereocenters. The summed E-state index contributed by atoms with van der Waals surface area (Å²) in [6.45, 7) is 3.64. The summed E-state index contributed by atoms with van der Waals surface area (Å²) in [5.74, 6) is 0. The minimum atomic E-state index is 0.0972. The summed E-state index contributed by atoms with van der Waals surface area (Å²) in [5, 5.41) is 0. The standard InChI is InChI=1S/C11H21NO2/c1-9-7-11(5-6-13-9)4-2-3-10(8-12)14-11/h9-10H,2-8,12H2,1H3. The van der Waals surface area contributed by atoms with Gasteiger partial charge >= 0.3 is 0 Å². The highest BCUT2D eigenvalue weighted by Crippen LogP contribution is 2.38.